The van der Waals surface area contributed by atoms with Crippen LogP contribution in [0, 0.1) is 0 Å². The van der Waals surface area contributed by atoms with Crippen molar-refractivity contribution in [1.29, 1.82) is 0 Å². The topological polar surface area (TPSA) is 17.1 Å². The molecule has 2 heteroatoms. The smallest absolute Gasteiger partial charge is 0.200 e. The molecule has 1 atom stereocenters. The number of unbranched alkanes of at least 4 members (excludes halogenated alkanes) is 11. The van der Waals surface area contributed by atoms with E-state index in [4.69, 9.17) is 0 Å². The molecule has 0 bridgehead atoms. The van der Waals surface area contributed by atoms with Gasteiger partial charge < -0.3 is 0 Å². The van der Waals surface area contributed by atoms with Gasteiger partial charge in [-0.25, -0.2) is 0 Å². The molecule has 1 nitrogen and oxygen atoms in total. The van der Waals surface area contributed by atoms with Crippen LogP contribution < -0.4 is 0 Å². The highest BCUT2D eigenvalue weighted by atomic mass is 32.2. The molecular formula is C36H52OS. The van der Waals surface area contributed by atoms with Gasteiger partial charge in [-0.15, -0.1) is 0 Å². The van der Waals surface area contributed by atoms with Crippen molar-refractivity contribution < 1.29 is 4.79 Å². The number of hydrogen-bond acceptors (Lipinski definition) is 2. The van der Waals surface area contributed by atoms with Gasteiger partial charge in [0, 0.05) is 10.5 Å². The van der Waals surface area contributed by atoms with Crippen LogP contribution in [0.5, 0.6) is 0 Å². The molecule has 1 aliphatic rings. The van der Waals surface area contributed by atoms with E-state index in [0.29, 0.717) is 5.92 Å². The summed E-state index contributed by atoms with van der Waals surface area (Å²) < 4.78 is 0. The molecule has 0 radical (unpaired) electrons. The van der Waals surface area contributed by atoms with Gasteiger partial charge in [0.25, 0.3) is 0 Å². The number of fused-ring (bicyclic) bond motifs is 1. The fraction of sp³-hybridized carbons (Fsp3) is 0.583. The highest BCUT2D eigenvalue weighted by molar-refractivity contribution is 8.05. The Bertz CT molecular complexity index is 990. The Morgan fingerprint density at radius 3 is 1.97 bits per heavy atom. The van der Waals surface area contributed by atoms with Crippen molar-refractivity contribution in [3.8, 4) is 0 Å². The fourth-order valence-corrected chi connectivity index (χ4v) is 7.20. The Morgan fingerprint density at radius 2 is 1.32 bits per heavy atom. The number of hydrogen-bond donors (Lipinski definition) is 0. The second kappa shape index (κ2) is 17.7. The number of carbonyl (C=O) groups is 1. The number of benzene rings is 2. The molecular weight excluding hydrogens is 480 g/mol. The minimum absolute atomic E-state index is 0.214. The first-order valence-electron chi connectivity index (χ1n) is 15.8. The third-order valence-electron chi connectivity index (χ3n) is 8.07. The van der Waals surface area contributed by atoms with Crippen molar-refractivity contribution in [2.24, 2.45) is 0 Å². The molecule has 0 fully saturated rings. The summed E-state index contributed by atoms with van der Waals surface area (Å²) in [7, 11) is 0. The van der Waals surface area contributed by atoms with Gasteiger partial charge in [-0.3, -0.25) is 4.79 Å². The first kappa shape index (κ1) is 30.7. The molecule has 0 saturated heterocycles. The van der Waals surface area contributed by atoms with E-state index in [0.717, 1.165) is 22.5 Å². The molecule has 38 heavy (non-hydrogen) atoms. The predicted octanol–water partition coefficient (Wildman–Crippen LogP) is 11.9. The molecule has 2 aromatic rings. The third-order valence-corrected chi connectivity index (χ3v) is 9.23. The Kier molecular flexibility index (Phi) is 14.3. The van der Waals surface area contributed by atoms with E-state index < -0.39 is 0 Å². The summed E-state index contributed by atoms with van der Waals surface area (Å²) in [4.78, 5) is 15.6. The van der Waals surface area contributed by atoms with Gasteiger partial charge in [0.15, 0.2) is 0 Å². The maximum absolute atomic E-state index is 13.5. The highest BCUT2D eigenvalue weighted by Gasteiger charge is 2.31. The minimum atomic E-state index is 0.214. The minimum Gasteiger partial charge on any atom is -0.288 e. The second-order valence-electron chi connectivity index (χ2n) is 11.3. The van der Waals surface area contributed by atoms with Crippen LogP contribution in [0.4, 0.5) is 0 Å². The van der Waals surface area contributed by atoms with Gasteiger partial charge in [0.1, 0.15) is 0 Å². The molecule has 0 N–H and O–H groups in total. The van der Waals surface area contributed by atoms with E-state index in [2.05, 4.69) is 51.1 Å². The SMILES string of the molecule is CCCCCCCCCCCC(CCC)c1c(CCCCCC)ccc2c1SC(=Cc1ccccc1)C2=O. The molecule has 1 heterocycles. The number of carbonyl (C=O) groups excluding carboxylic acids is 1. The summed E-state index contributed by atoms with van der Waals surface area (Å²) in [5.41, 5.74) is 5.08. The first-order chi connectivity index (χ1) is 18.7. The van der Waals surface area contributed by atoms with Gasteiger partial charge in [-0.1, -0.05) is 152 Å². The fourth-order valence-electron chi connectivity index (χ4n) is 5.90. The first-order valence-corrected chi connectivity index (χ1v) is 16.7. The van der Waals surface area contributed by atoms with Gasteiger partial charge >= 0.3 is 0 Å². The van der Waals surface area contributed by atoms with Crippen LogP contribution in [0.15, 0.2) is 52.3 Å². The molecule has 0 aromatic heterocycles. The summed E-state index contributed by atoms with van der Waals surface area (Å²) in [5, 5.41) is 0. The van der Waals surface area contributed by atoms with Gasteiger partial charge in [-0.2, -0.15) is 0 Å². The number of ketones is 1. The van der Waals surface area contributed by atoms with Crippen LogP contribution in [-0.4, -0.2) is 5.78 Å². The molecule has 2 aromatic carbocycles. The van der Waals surface area contributed by atoms with Crippen molar-refractivity contribution >= 4 is 23.6 Å². The van der Waals surface area contributed by atoms with E-state index in [1.54, 1.807) is 11.8 Å². The Balaban J connectivity index is 1.76. The lowest BCUT2D eigenvalue weighted by atomic mass is 9.83. The van der Waals surface area contributed by atoms with E-state index in [9.17, 15) is 4.79 Å². The Morgan fingerprint density at radius 1 is 0.684 bits per heavy atom. The van der Waals surface area contributed by atoms with Crippen LogP contribution in [0.1, 0.15) is 156 Å². The van der Waals surface area contributed by atoms with E-state index in [1.165, 1.54) is 119 Å². The molecule has 0 amide bonds. The van der Waals surface area contributed by atoms with Crippen LogP contribution >= 0.6 is 11.8 Å². The quantitative estimate of drug-likeness (QED) is 0.132. The summed E-state index contributed by atoms with van der Waals surface area (Å²) in [6.45, 7) is 6.90. The van der Waals surface area contributed by atoms with Crippen molar-refractivity contribution in [3.05, 3.63) is 69.6 Å². The van der Waals surface area contributed by atoms with Crippen molar-refractivity contribution in [1.82, 2.24) is 0 Å². The molecule has 208 valence electrons. The second-order valence-corrected chi connectivity index (χ2v) is 12.3. The maximum atomic E-state index is 13.5. The lowest BCUT2D eigenvalue weighted by Crippen LogP contribution is -2.07. The predicted molar refractivity (Wildman–Crippen MR) is 168 cm³/mol. The molecule has 0 aliphatic carbocycles. The van der Waals surface area contributed by atoms with Crippen molar-refractivity contribution in [3.63, 3.8) is 0 Å². The maximum Gasteiger partial charge on any atom is 0.200 e. The van der Waals surface area contributed by atoms with Gasteiger partial charge in [0.2, 0.25) is 5.78 Å². The standard InChI is InChI=1S/C36H52OS/c1-4-7-9-11-12-13-14-15-20-24-30(21-6-3)34-31(25-19-10-8-5-2)26-27-32-35(37)33(38-36(32)34)28-29-22-17-16-18-23-29/h16-18,22-23,26-28,30H,4-15,19-21,24-25H2,1-3H3. The van der Waals surface area contributed by atoms with E-state index in [1.807, 2.05) is 18.2 Å². The van der Waals surface area contributed by atoms with Gasteiger partial charge in [-0.05, 0) is 60.4 Å². The summed E-state index contributed by atoms with van der Waals surface area (Å²) >= 11 is 1.75. The lowest BCUT2D eigenvalue weighted by molar-refractivity contribution is 0.104. The molecule has 0 saturated carbocycles. The van der Waals surface area contributed by atoms with Crippen molar-refractivity contribution in [2.75, 3.05) is 0 Å². The normalized spacial score (nSPS) is 14.8. The Hall–Kier alpha value is -1.80. The summed E-state index contributed by atoms with van der Waals surface area (Å²) in [6, 6.07) is 14.8. The average molecular weight is 533 g/mol. The average Bonchev–Trinajstić information content (AvgIpc) is 3.24. The zero-order valence-electron chi connectivity index (χ0n) is 24.5. The Labute approximate surface area is 238 Å². The summed E-state index contributed by atoms with van der Waals surface area (Å²) in [6.07, 6.45) is 24.4. The molecule has 1 aliphatic heterocycles. The largest absolute Gasteiger partial charge is 0.288 e. The monoisotopic (exact) mass is 532 g/mol. The molecule has 0 spiro atoms. The van der Waals surface area contributed by atoms with E-state index in [-0.39, 0.29) is 5.78 Å². The van der Waals surface area contributed by atoms with Crippen LogP contribution in [0.25, 0.3) is 6.08 Å². The number of thioether (sulfide) groups is 1. The van der Waals surface area contributed by atoms with Crippen LogP contribution in [0.3, 0.4) is 0 Å². The van der Waals surface area contributed by atoms with Gasteiger partial charge in [0.05, 0.1) is 4.91 Å². The van der Waals surface area contributed by atoms with Crippen molar-refractivity contribution in [2.45, 2.75) is 141 Å². The summed E-state index contributed by atoms with van der Waals surface area (Å²) in [5.74, 6) is 0.781. The zero-order chi connectivity index (χ0) is 27.0. The zero-order valence-corrected chi connectivity index (χ0v) is 25.3. The number of rotatable bonds is 19. The number of allylic oxidation sites excluding steroid dienone is 1. The van der Waals surface area contributed by atoms with Crippen LogP contribution in [-0.2, 0) is 6.42 Å². The molecule has 1 unspecified atom stereocenters. The third kappa shape index (κ3) is 9.44. The highest BCUT2D eigenvalue weighted by Crippen LogP contribution is 2.48. The lowest BCUT2D eigenvalue weighted by Gasteiger charge is -2.23. The number of aryl methyl sites for hydroxylation is 1. The molecule has 3 rings (SSSR count). The van der Waals surface area contributed by atoms with Crippen LogP contribution in [0.2, 0.25) is 0 Å². The number of Topliss-reactive ketones (excluding diaryl/α,β-unsaturated/α-hetero) is 1. The van der Waals surface area contributed by atoms with E-state index >= 15 is 0 Å².